The minimum absolute atomic E-state index is 0.0141. The molecule has 4 rings (SSSR count). The number of hydrogen-bond acceptors (Lipinski definition) is 5. The van der Waals surface area contributed by atoms with Crippen LogP contribution in [0.15, 0.2) is 72.3 Å². The molecule has 7 heteroatoms. The summed E-state index contributed by atoms with van der Waals surface area (Å²) in [6, 6.07) is 15.8. The zero-order chi connectivity index (χ0) is 23.5. The fraction of sp³-hybridized carbons (Fsp3) is 0.192. The van der Waals surface area contributed by atoms with Gasteiger partial charge in [0.15, 0.2) is 0 Å². The molecule has 1 fully saturated rings. The molecule has 5 nitrogen and oxygen atoms in total. The third-order valence-corrected chi connectivity index (χ3v) is 6.54. The van der Waals surface area contributed by atoms with E-state index in [4.69, 9.17) is 22.1 Å². The molecule has 2 aromatic carbocycles. The Balaban J connectivity index is 1.80. The number of benzene rings is 2. The van der Waals surface area contributed by atoms with E-state index in [1.165, 1.54) is 11.8 Å². The molecule has 2 heterocycles. The number of aryl methyl sites for hydroxylation is 1. The second kappa shape index (κ2) is 9.77. The molecule has 0 spiro atoms. The number of thiocarbonyl (C=S) groups is 1. The van der Waals surface area contributed by atoms with Gasteiger partial charge in [-0.25, -0.2) is 4.68 Å². The molecular weight excluding hydrogens is 450 g/mol. The van der Waals surface area contributed by atoms with Crippen LogP contribution in [0.3, 0.4) is 0 Å². The van der Waals surface area contributed by atoms with Crippen LogP contribution in [0.5, 0.6) is 5.75 Å². The molecule has 33 heavy (non-hydrogen) atoms. The van der Waals surface area contributed by atoms with Crippen LogP contribution in [0, 0.1) is 6.92 Å². The highest BCUT2D eigenvalue weighted by atomic mass is 32.2. The third kappa shape index (κ3) is 4.79. The van der Waals surface area contributed by atoms with Crippen LogP contribution in [-0.2, 0) is 4.79 Å². The largest absolute Gasteiger partial charge is 0.490 e. The molecule has 1 amide bonds. The maximum atomic E-state index is 13.0. The summed E-state index contributed by atoms with van der Waals surface area (Å²) in [6.07, 6.45) is 5.56. The Kier molecular flexibility index (Phi) is 6.81. The average Bonchev–Trinajstić information content (AvgIpc) is 3.33. The lowest BCUT2D eigenvalue weighted by Crippen LogP contribution is -2.34. The first-order valence-corrected chi connectivity index (χ1v) is 11.9. The van der Waals surface area contributed by atoms with E-state index < -0.39 is 0 Å². The van der Waals surface area contributed by atoms with Crippen molar-refractivity contribution in [2.24, 2.45) is 0 Å². The van der Waals surface area contributed by atoms with Crippen LogP contribution in [0.1, 0.15) is 25.0 Å². The number of thioether (sulfide) groups is 1. The number of carbonyl (C=O) groups is 1. The van der Waals surface area contributed by atoms with E-state index in [1.807, 2.05) is 86.3 Å². The number of carbonyl (C=O) groups excluding carboxylic acids is 1. The van der Waals surface area contributed by atoms with Gasteiger partial charge in [-0.05, 0) is 62.7 Å². The summed E-state index contributed by atoms with van der Waals surface area (Å²) in [5.74, 6) is 0.710. The van der Waals surface area contributed by atoms with Gasteiger partial charge in [-0.1, -0.05) is 54.8 Å². The summed E-state index contributed by atoms with van der Waals surface area (Å²) in [5, 5.41) is 4.89. The van der Waals surface area contributed by atoms with Crippen molar-refractivity contribution < 1.29 is 9.53 Å². The molecule has 0 aliphatic carbocycles. The van der Waals surface area contributed by atoms with Crippen LogP contribution in [0.4, 0.5) is 0 Å². The molecule has 0 unspecified atom stereocenters. The molecule has 0 bridgehead atoms. The Morgan fingerprint density at radius 1 is 1.21 bits per heavy atom. The summed E-state index contributed by atoms with van der Waals surface area (Å²) >= 11 is 6.78. The van der Waals surface area contributed by atoms with Crippen LogP contribution in [0.25, 0.3) is 23.0 Å². The van der Waals surface area contributed by atoms with E-state index in [9.17, 15) is 4.79 Å². The summed E-state index contributed by atoms with van der Waals surface area (Å²) in [4.78, 5) is 15.3. The Labute approximate surface area is 203 Å². The van der Waals surface area contributed by atoms with E-state index in [1.54, 1.807) is 11.0 Å². The summed E-state index contributed by atoms with van der Waals surface area (Å²) < 4.78 is 8.10. The van der Waals surface area contributed by atoms with Gasteiger partial charge in [0, 0.05) is 23.4 Å². The Bertz CT molecular complexity index is 1250. The first-order chi connectivity index (χ1) is 15.9. The molecule has 0 atom stereocenters. The van der Waals surface area contributed by atoms with Crippen molar-refractivity contribution in [2.45, 2.75) is 26.8 Å². The van der Waals surface area contributed by atoms with Crippen LogP contribution in [0.2, 0.25) is 0 Å². The molecule has 0 radical (unpaired) electrons. The Morgan fingerprint density at radius 2 is 1.97 bits per heavy atom. The lowest BCUT2D eigenvalue weighted by atomic mass is 10.0. The third-order valence-electron chi connectivity index (χ3n) is 5.21. The number of ether oxygens (including phenoxy) is 1. The minimum atomic E-state index is -0.0664. The fourth-order valence-corrected chi connectivity index (χ4v) is 5.14. The first-order valence-electron chi connectivity index (χ1n) is 10.7. The van der Waals surface area contributed by atoms with Gasteiger partial charge in [-0.3, -0.25) is 9.69 Å². The fourth-order valence-electron chi connectivity index (χ4n) is 3.63. The molecule has 1 aliphatic heterocycles. The first kappa shape index (κ1) is 23.0. The van der Waals surface area contributed by atoms with Crippen molar-refractivity contribution in [3.63, 3.8) is 0 Å². The topological polar surface area (TPSA) is 47.4 Å². The number of hydrogen-bond donors (Lipinski definition) is 0. The van der Waals surface area contributed by atoms with Crippen molar-refractivity contribution >= 4 is 40.3 Å². The maximum Gasteiger partial charge on any atom is 0.266 e. The van der Waals surface area contributed by atoms with Gasteiger partial charge in [0.2, 0.25) is 0 Å². The van der Waals surface area contributed by atoms with E-state index in [2.05, 4.69) is 6.58 Å². The van der Waals surface area contributed by atoms with Gasteiger partial charge in [0.25, 0.3) is 5.91 Å². The van der Waals surface area contributed by atoms with Gasteiger partial charge in [0.05, 0.1) is 10.6 Å². The normalized spacial score (nSPS) is 15.0. The molecule has 1 saturated heterocycles. The Morgan fingerprint density at radius 3 is 2.61 bits per heavy atom. The number of aromatic nitrogens is 2. The highest BCUT2D eigenvalue weighted by molar-refractivity contribution is 8.26. The number of amides is 1. The predicted octanol–water partition coefficient (Wildman–Crippen LogP) is 6.02. The van der Waals surface area contributed by atoms with Crippen LogP contribution >= 0.6 is 24.0 Å². The van der Waals surface area contributed by atoms with E-state index >= 15 is 0 Å². The molecule has 1 aliphatic rings. The second-order valence-corrected chi connectivity index (χ2v) is 9.61. The van der Waals surface area contributed by atoms with Gasteiger partial charge in [-0.2, -0.15) is 5.10 Å². The van der Waals surface area contributed by atoms with E-state index in [0.717, 1.165) is 33.8 Å². The van der Waals surface area contributed by atoms with Crippen molar-refractivity contribution in [2.75, 3.05) is 6.61 Å². The van der Waals surface area contributed by atoms with Crippen molar-refractivity contribution in [1.29, 1.82) is 0 Å². The molecule has 0 N–H and O–H groups in total. The lowest BCUT2D eigenvalue weighted by molar-refractivity contribution is -0.123. The molecule has 1 aromatic heterocycles. The number of nitrogens with zero attached hydrogens (tertiary/aromatic N) is 3. The molecule has 3 aromatic rings. The SMILES string of the molecule is C=CCOc1ccc(-c2nn(-c3ccccc3)cc2C=C2SC(=S)N(C(C)C)C2=O)c(C)c1. The standard InChI is InChI=1S/C26H25N3O2S2/c1-5-13-31-21-11-12-22(18(4)14-21)24-19(16-28(27-24)20-9-7-6-8-10-20)15-23-25(30)29(17(2)3)26(32)33-23/h5-12,14-17H,1,13H2,2-4H3. The summed E-state index contributed by atoms with van der Waals surface area (Å²) in [5.41, 5.74) is 4.59. The van der Waals surface area contributed by atoms with Crippen LogP contribution in [-0.4, -0.2) is 37.6 Å². The number of rotatable bonds is 7. The van der Waals surface area contributed by atoms with Gasteiger partial charge < -0.3 is 4.74 Å². The highest BCUT2D eigenvalue weighted by Gasteiger charge is 2.34. The molecule has 0 saturated carbocycles. The summed E-state index contributed by atoms with van der Waals surface area (Å²) in [7, 11) is 0. The van der Waals surface area contributed by atoms with Crippen LogP contribution < -0.4 is 4.74 Å². The van der Waals surface area contributed by atoms with Crippen molar-refractivity contribution in [3.8, 4) is 22.7 Å². The highest BCUT2D eigenvalue weighted by Crippen LogP contribution is 2.36. The molecule has 168 valence electrons. The zero-order valence-electron chi connectivity index (χ0n) is 18.8. The maximum absolute atomic E-state index is 13.0. The van der Waals surface area contributed by atoms with E-state index in [0.29, 0.717) is 15.8 Å². The van der Waals surface area contributed by atoms with Crippen molar-refractivity contribution in [3.05, 3.63) is 83.4 Å². The monoisotopic (exact) mass is 475 g/mol. The average molecular weight is 476 g/mol. The Hall–Kier alpha value is -3.16. The minimum Gasteiger partial charge on any atom is -0.490 e. The predicted molar refractivity (Wildman–Crippen MR) is 140 cm³/mol. The van der Waals surface area contributed by atoms with Gasteiger partial charge in [-0.15, -0.1) is 0 Å². The zero-order valence-corrected chi connectivity index (χ0v) is 20.5. The summed E-state index contributed by atoms with van der Waals surface area (Å²) in [6.45, 7) is 10.1. The second-order valence-electron chi connectivity index (χ2n) is 7.94. The lowest BCUT2D eigenvalue weighted by Gasteiger charge is -2.18. The number of para-hydroxylation sites is 1. The smallest absolute Gasteiger partial charge is 0.266 e. The van der Waals surface area contributed by atoms with Crippen molar-refractivity contribution in [1.82, 2.24) is 14.7 Å². The van der Waals surface area contributed by atoms with Gasteiger partial charge >= 0.3 is 0 Å². The van der Waals surface area contributed by atoms with Gasteiger partial charge in [0.1, 0.15) is 22.4 Å². The molecular formula is C26H25N3O2S2. The quantitative estimate of drug-likeness (QED) is 0.237. The van der Waals surface area contributed by atoms with E-state index in [-0.39, 0.29) is 11.9 Å².